The van der Waals surface area contributed by atoms with Gasteiger partial charge in [-0.15, -0.1) is 0 Å². The highest BCUT2D eigenvalue weighted by molar-refractivity contribution is 5.56. The minimum atomic E-state index is 0.0372. The Kier molecular flexibility index (Phi) is 5.59. The van der Waals surface area contributed by atoms with E-state index in [9.17, 15) is 0 Å². The molecule has 0 bridgehead atoms. The van der Waals surface area contributed by atoms with E-state index in [0.29, 0.717) is 25.6 Å². The first-order valence-electron chi connectivity index (χ1n) is 6.91. The zero-order valence-corrected chi connectivity index (χ0v) is 12.3. The lowest BCUT2D eigenvalue weighted by Crippen LogP contribution is -2.14. The van der Waals surface area contributed by atoms with Crippen molar-refractivity contribution < 1.29 is 9.84 Å². The van der Waals surface area contributed by atoms with Gasteiger partial charge in [-0.1, -0.05) is 6.07 Å². The maximum atomic E-state index is 8.65. The van der Waals surface area contributed by atoms with Crippen molar-refractivity contribution in [2.45, 2.75) is 13.8 Å². The van der Waals surface area contributed by atoms with E-state index >= 15 is 0 Å². The molecule has 0 amide bonds. The van der Waals surface area contributed by atoms with Gasteiger partial charge in [0.2, 0.25) is 0 Å². The first-order chi connectivity index (χ1) is 10.2. The molecule has 0 aromatic carbocycles. The Morgan fingerprint density at radius 3 is 2.76 bits per heavy atom. The number of pyridine rings is 1. The lowest BCUT2D eigenvalue weighted by Gasteiger charge is -2.12. The molecule has 0 unspecified atom stereocenters. The molecule has 6 nitrogen and oxygen atoms in total. The highest BCUT2D eigenvalue weighted by Crippen LogP contribution is 2.19. The molecule has 0 radical (unpaired) electrons. The zero-order chi connectivity index (χ0) is 15.1. The molecule has 21 heavy (non-hydrogen) atoms. The Labute approximate surface area is 124 Å². The molecule has 2 heterocycles. The number of aromatic nitrogens is 3. The van der Waals surface area contributed by atoms with Crippen LogP contribution in [-0.4, -0.2) is 46.4 Å². The van der Waals surface area contributed by atoms with Gasteiger partial charge in [-0.3, -0.25) is 4.98 Å². The first-order valence-corrected chi connectivity index (χ1v) is 6.91. The summed E-state index contributed by atoms with van der Waals surface area (Å²) in [7, 11) is 0. The lowest BCUT2D eigenvalue weighted by atomic mass is 10.2. The van der Waals surface area contributed by atoms with Crippen molar-refractivity contribution in [3.05, 3.63) is 35.7 Å². The van der Waals surface area contributed by atoms with Gasteiger partial charge >= 0.3 is 0 Å². The van der Waals surface area contributed by atoms with Gasteiger partial charge in [0.25, 0.3) is 0 Å². The van der Waals surface area contributed by atoms with Crippen LogP contribution >= 0.6 is 0 Å². The second-order valence-corrected chi connectivity index (χ2v) is 4.58. The molecular weight excluding hydrogens is 268 g/mol. The smallest absolute Gasteiger partial charge is 0.180 e. The molecule has 2 aromatic rings. The van der Waals surface area contributed by atoms with Crippen molar-refractivity contribution in [1.82, 2.24) is 15.0 Å². The van der Waals surface area contributed by atoms with E-state index in [0.717, 1.165) is 22.8 Å². The number of nitrogens with one attached hydrogen (secondary N) is 1. The third kappa shape index (κ3) is 4.21. The molecule has 2 N–H and O–H groups in total. The van der Waals surface area contributed by atoms with Gasteiger partial charge in [-0.25, -0.2) is 9.97 Å². The van der Waals surface area contributed by atoms with Gasteiger partial charge in [0.05, 0.1) is 19.8 Å². The summed E-state index contributed by atoms with van der Waals surface area (Å²) < 4.78 is 5.22. The van der Waals surface area contributed by atoms with Gasteiger partial charge in [0, 0.05) is 24.0 Å². The Hall–Kier alpha value is -2.05. The SMILES string of the molecule is Cc1nc(-c2ccccn2)nc(NCCOCCO)c1C. The summed E-state index contributed by atoms with van der Waals surface area (Å²) in [6.07, 6.45) is 1.73. The summed E-state index contributed by atoms with van der Waals surface area (Å²) in [4.78, 5) is 13.3. The van der Waals surface area contributed by atoms with Gasteiger partial charge in [-0.2, -0.15) is 0 Å². The summed E-state index contributed by atoms with van der Waals surface area (Å²) in [5, 5.41) is 11.9. The van der Waals surface area contributed by atoms with Crippen LogP contribution < -0.4 is 5.32 Å². The van der Waals surface area contributed by atoms with Crippen LogP contribution in [0.15, 0.2) is 24.4 Å². The molecule has 0 saturated heterocycles. The number of ether oxygens (including phenoxy) is 1. The summed E-state index contributed by atoms with van der Waals surface area (Å²) in [5.41, 5.74) is 2.68. The Balaban J connectivity index is 2.12. The quantitative estimate of drug-likeness (QED) is 0.753. The Morgan fingerprint density at radius 2 is 2.05 bits per heavy atom. The molecule has 0 saturated carbocycles. The third-order valence-corrected chi connectivity index (χ3v) is 3.06. The number of anilines is 1. The predicted molar refractivity (Wildman–Crippen MR) is 81.1 cm³/mol. The standard InChI is InChI=1S/C15H20N4O2/c1-11-12(2)18-15(13-5-3-4-6-16-13)19-14(11)17-7-9-21-10-8-20/h3-6,20H,7-10H2,1-2H3,(H,17,18,19). The fourth-order valence-electron chi connectivity index (χ4n) is 1.82. The van der Waals surface area contributed by atoms with E-state index in [2.05, 4.69) is 20.3 Å². The maximum Gasteiger partial charge on any atom is 0.180 e. The van der Waals surface area contributed by atoms with Crippen molar-refractivity contribution in [3.8, 4) is 11.5 Å². The topological polar surface area (TPSA) is 80.2 Å². The van der Waals surface area contributed by atoms with Crippen LogP contribution in [0.4, 0.5) is 5.82 Å². The number of aryl methyl sites for hydroxylation is 1. The minimum Gasteiger partial charge on any atom is -0.394 e. The molecule has 0 aliphatic carbocycles. The summed E-state index contributed by atoms with van der Waals surface area (Å²) >= 11 is 0. The van der Waals surface area contributed by atoms with Crippen LogP contribution in [0.3, 0.4) is 0 Å². The van der Waals surface area contributed by atoms with Crippen molar-refractivity contribution in [2.24, 2.45) is 0 Å². The molecule has 2 rings (SSSR count). The number of hydrogen-bond acceptors (Lipinski definition) is 6. The number of nitrogens with zero attached hydrogens (tertiary/aromatic N) is 3. The van der Waals surface area contributed by atoms with E-state index in [1.807, 2.05) is 32.0 Å². The van der Waals surface area contributed by atoms with Crippen LogP contribution in [0.1, 0.15) is 11.3 Å². The van der Waals surface area contributed by atoms with Crippen LogP contribution in [0.2, 0.25) is 0 Å². The van der Waals surface area contributed by atoms with E-state index in [1.165, 1.54) is 0 Å². The second kappa shape index (κ2) is 7.66. The second-order valence-electron chi connectivity index (χ2n) is 4.58. The molecule has 112 valence electrons. The number of aliphatic hydroxyl groups excluding tert-OH is 1. The van der Waals surface area contributed by atoms with Crippen LogP contribution in [0, 0.1) is 13.8 Å². The first kappa shape index (κ1) is 15.3. The number of aliphatic hydroxyl groups is 1. The van der Waals surface area contributed by atoms with Crippen LogP contribution in [-0.2, 0) is 4.74 Å². The van der Waals surface area contributed by atoms with E-state index in [4.69, 9.17) is 9.84 Å². The third-order valence-electron chi connectivity index (χ3n) is 3.06. The summed E-state index contributed by atoms with van der Waals surface area (Å²) in [6, 6.07) is 5.66. The van der Waals surface area contributed by atoms with Gasteiger partial charge in [0.1, 0.15) is 11.5 Å². The van der Waals surface area contributed by atoms with E-state index < -0.39 is 0 Å². The molecule has 0 aliphatic heterocycles. The average Bonchev–Trinajstić information content (AvgIpc) is 2.51. The van der Waals surface area contributed by atoms with E-state index in [1.54, 1.807) is 6.20 Å². The molecule has 0 atom stereocenters. The largest absolute Gasteiger partial charge is 0.394 e. The Morgan fingerprint density at radius 1 is 1.19 bits per heavy atom. The molecule has 2 aromatic heterocycles. The molecule has 6 heteroatoms. The van der Waals surface area contributed by atoms with Crippen molar-refractivity contribution in [1.29, 1.82) is 0 Å². The van der Waals surface area contributed by atoms with Crippen molar-refractivity contribution in [3.63, 3.8) is 0 Å². The molecular formula is C15H20N4O2. The van der Waals surface area contributed by atoms with Crippen molar-refractivity contribution >= 4 is 5.82 Å². The summed E-state index contributed by atoms with van der Waals surface area (Å²) in [6.45, 7) is 5.46. The summed E-state index contributed by atoms with van der Waals surface area (Å²) in [5.74, 6) is 1.40. The minimum absolute atomic E-state index is 0.0372. The van der Waals surface area contributed by atoms with Crippen LogP contribution in [0.5, 0.6) is 0 Å². The van der Waals surface area contributed by atoms with Gasteiger partial charge < -0.3 is 15.2 Å². The Bertz CT molecular complexity index is 575. The van der Waals surface area contributed by atoms with Crippen molar-refractivity contribution in [2.75, 3.05) is 31.7 Å². The normalized spacial score (nSPS) is 10.6. The molecule has 0 spiro atoms. The average molecular weight is 288 g/mol. The van der Waals surface area contributed by atoms with Gasteiger partial charge in [0.15, 0.2) is 5.82 Å². The lowest BCUT2D eigenvalue weighted by molar-refractivity contribution is 0.0992. The zero-order valence-electron chi connectivity index (χ0n) is 12.3. The highest BCUT2D eigenvalue weighted by atomic mass is 16.5. The fourth-order valence-corrected chi connectivity index (χ4v) is 1.82. The van der Waals surface area contributed by atoms with Crippen LogP contribution in [0.25, 0.3) is 11.5 Å². The number of hydrogen-bond donors (Lipinski definition) is 2. The predicted octanol–water partition coefficient (Wildman–Crippen LogP) is 1.58. The van der Waals surface area contributed by atoms with Gasteiger partial charge in [-0.05, 0) is 26.0 Å². The molecule has 0 fully saturated rings. The van der Waals surface area contributed by atoms with E-state index in [-0.39, 0.29) is 6.61 Å². The number of rotatable bonds is 7. The highest BCUT2D eigenvalue weighted by Gasteiger charge is 2.09. The monoisotopic (exact) mass is 288 g/mol. The maximum absolute atomic E-state index is 8.65. The molecule has 0 aliphatic rings. The fraction of sp³-hybridized carbons (Fsp3) is 0.400.